The topological polar surface area (TPSA) is 0 Å². The second-order valence-corrected chi connectivity index (χ2v) is 6.59. The Kier molecular flexibility index (Phi) is 4.35. The van der Waals surface area contributed by atoms with Crippen LogP contribution >= 0.6 is 31.9 Å². The molecule has 0 heterocycles. The van der Waals surface area contributed by atoms with E-state index < -0.39 is 0 Å². The van der Waals surface area contributed by atoms with E-state index in [0.717, 1.165) is 12.8 Å². The van der Waals surface area contributed by atoms with Gasteiger partial charge in [-0.25, -0.2) is 0 Å². The Balaban J connectivity index is 3.11. The lowest BCUT2D eigenvalue weighted by atomic mass is 10.2. The van der Waals surface area contributed by atoms with Crippen LogP contribution in [-0.4, -0.2) is 3.23 Å². The van der Waals surface area contributed by atoms with Gasteiger partial charge in [0.25, 0.3) is 0 Å². The van der Waals surface area contributed by atoms with Gasteiger partial charge >= 0.3 is 0 Å². The number of halogens is 2. The average Bonchev–Trinajstić information content (AvgIpc) is 1.59. The van der Waals surface area contributed by atoms with Crippen LogP contribution in [0.15, 0.2) is 0 Å². The van der Waals surface area contributed by atoms with E-state index >= 15 is 0 Å². The number of hydrogen-bond donors (Lipinski definition) is 0. The minimum Gasteiger partial charge on any atom is -0.0730 e. The molecule has 0 bridgehead atoms. The summed E-state index contributed by atoms with van der Waals surface area (Å²) in [4.78, 5) is 0. The second kappa shape index (κ2) is 3.89. The molecular formula is C6H11Br2. The van der Waals surface area contributed by atoms with E-state index in [1.807, 2.05) is 0 Å². The van der Waals surface area contributed by atoms with E-state index in [1.165, 1.54) is 6.42 Å². The summed E-state index contributed by atoms with van der Waals surface area (Å²) in [5.41, 5.74) is 0. The van der Waals surface area contributed by atoms with Crippen molar-refractivity contribution >= 4 is 31.9 Å². The number of hydrogen-bond acceptors (Lipinski definition) is 0. The first-order valence-electron chi connectivity index (χ1n) is 2.73. The van der Waals surface area contributed by atoms with Gasteiger partial charge in [0.15, 0.2) is 0 Å². The summed E-state index contributed by atoms with van der Waals surface area (Å²) in [6.45, 7) is 5.85. The van der Waals surface area contributed by atoms with Crippen LogP contribution in [0.1, 0.15) is 26.2 Å². The zero-order chi connectivity index (χ0) is 6.62. The summed E-state index contributed by atoms with van der Waals surface area (Å²) in [6.07, 6.45) is 3.33. The molecule has 0 aromatic carbocycles. The zero-order valence-electron chi connectivity index (χ0n) is 5.08. The second-order valence-electron chi connectivity index (χ2n) is 2.03. The molecule has 0 aromatic rings. The monoisotopic (exact) mass is 241 g/mol. The summed E-state index contributed by atoms with van der Waals surface area (Å²) in [6, 6.07) is 0. The van der Waals surface area contributed by atoms with Crippen LogP contribution in [0.25, 0.3) is 0 Å². The molecule has 49 valence electrons. The highest BCUT2D eigenvalue weighted by Gasteiger charge is 2.12. The van der Waals surface area contributed by atoms with E-state index in [2.05, 4.69) is 45.7 Å². The molecule has 0 rings (SSSR count). The lowest BCUT2D eigenvalue weighted by molar-refractivity contribution is 0.725. The maximum absolute atomic E-state index is 3.75. The minimum atomic E-state index is 0.137. The van der Waals surface area contributed by atoms with Gasteiger partial charge in [0, 0.05) is 0 Å². The Morgan fingerprint density at radius 2 is 2.00 bits per heavy atom. The van der Waals surface area contributed by atoms with Crippen molar-refractivity contribution in [1.82, 2.24) is 0 Å². The molecule has 0 aliphatic heterocycles. The van der Waals surface area contributed by atoms with Gasteiger partial charge in [0.1, 0.15) is 0 Å². The van der Waals surface area contributed by atoms with Crippen LogP contribution in [-0.2, 0) is 0 Å². The molecule has 0 saturated carbocycles. The molecule has 0 saturated heterocycles. The molecule has 2 heteroatoms. The summed E-state index contributed by atoms with van der Waals surface area (Å²) < 4.78 is 0.137. The van der Waals surface area contributed by atoms with Crippen LogP contribution < -0.4 is 0 Å². The Morgan fingerprint density at radius 1 is 1.50 bits per heavy atom. The molecule has 0 aliphatic carbocycles. The molecule has 0 nitrogen and oxygen atoms in total. The third-order valence-corrected chi connectivity index (χ3v) is 1.66. The third-order valence-electron chi connectivity index (χ3n) is 0.866. The van der Waals surface area contributed by atoms with Crippen molar-refractivity contribution in [3.8, 4) is 0 Å². The standard InChI is InChI=1S/C6H11Br2/c1-3-4-5-6(2,7)8/h1,3-5H2,2H3. The Labute approximate surface area is 68.3 Å². The molecule has 0 fully saturated rings. The summed E-state index contributed by atoms with van der Waals surface area (Å²) >= 11 is 6.94. The molecule has 0 amide bonds. The Hall–Kier alpha value is 0.960. The van der Waals surface area contributed by atoms with Crippen LogP contribution in [0, 0.1) is 6.92 Å². The number of rotatable bonds is 3. The first-order chi connectivity index (χ1) is 3.56. The molecule has 0 aliphatic rings. The van der Waals surface area contributed by atoms with Crippen molar-refractivity contribution in [1.29, 1.82) is 0 Å². The van der Waals surface area contributed by atoms with Gasteiger partial charge in [-0.2, -0.15) is 0 Å². The Bertz CT molecular complexity index is 54.0. The molecule has 8 heavy (non-hydrogen) atoms. The van der Waals surface area contributed by atoms with Crippen molar-refractivity contribution in [2.24, 2.45) is 0 Å². The highest BCUT2D eigenvalue weighted by Crippen LogP contribution is 2.30. The Morgan fingerprint density at radius 3 is 2.12 bits per heavy atom. The largest absolute Gasteiger partial charge is 0.0777 e. The first kappa shape index (κ1) is 8.96. The van der Waals surface area contributed by atoms with Crippen LogP contribution in [0.5, 0.6) is 0 Å². The van der Waals surface area contributed by atoms with Gasteiger partial charge in [-0.1, -0.05) is 51.6 Å². The van der Waals surface area contributed by atoms with Crippen molar-refractivity contribution in [3.05, 3.63) is 6.92 Å². The van der Waals surface area contributed by atoms with Crippen molar-refractivity contribution in [3.63, 3.8) is 0 Å². The maximum Gasteiger partial charge on any atom is 0.0777 e. The molecule has 0 spiro atoms. The fraction of sp³-hybridized carbons (Fsp3) is 0.833. The van der Waals surface area contributed by atoms with Crippen molar-refractivity contribution in [2.75, 3.05) is 0 Å². The summed E-state index contributed by atoms with van der Waals surface area (Å²) in [5, 5.41) is 0. The predicted octanol–water partition coefficient (Wildman–Crippen LogP) is 3.50. The minimum absolute atomic E-state index is 0.137. The van der Waals surface area contributed by atoms with Gasteiger partial charge in [-0.3, -0.25) is 0 Å². The predicted molar refractivity (Wildman–Crippen MR) is 45.5 cm³/mol. The van der Waals surface area contributed by atoms with Crippen LogP contribution in [0.4, 0.5) is 0 Å². The maximum atomic E-state index is 3.75. The fourth-order valence-corrected chi connectivity index (χ4v) is 0.996. The summed E-state index contributed by atoms with van der Waals surface area (Å²) in [7, 11) is 0. The summed E-state index contributed by atoms with van der Waals surface area (Å²) in [5.74, 6) is 0. The molecule has 0 aromatic heterocycles. The van der Waals surface area contributed by atoms with Gasteiger partial charge in [0.2, 0.25) is 0 Å². The van der Waals surface area contributed by atoms with E-state index in [1.54, 1.807) is 0 Å². The highest BCUT2D eigenvalue weighted by molar-refractivity contribution is 9.25. The third kappa shape index (κ3) is 6.96. The first-order valence-corrected chi connectivity index (χ1v) is 4.32. The lowest BCUT2D eigenvalue weighted by Crippen LogP contribution is -2.02. The smallest absolute Gasteiger partial charge is 0.0730 e. The lowest BCUT2D eigenvalue weighted by Gasteiger charge is -2.11. The highest BCUT2D eigenvalue weighted by atomic mass is 79.9. The molecule has 0 unspecified atom stereocenters. The molecule has 0 N–H and O–H groups in total. The molecule has 0 atom stereocenters. The van der Waals surface area contributed by atoms with Crippen LogP contribution in [0.3, 0.4) is 0 Å². The van der Waals surface area contributed by atoms with E-state index in [9.17, 15) is 0 Å². The molecular weight excluding hydrogens is 232 g/mol. The van der Waals surface area contributed by atoms with Crippen molar-refractivity contribution in [2.45, 2.75) is 29.4 Å². The van der Waals surface area contributed by atoms with E-state index in [4.69, 9.17) is 0 Å². The van der Waals surface area contributed by atoms with Gasteiger partial charge < -0.3 is 0 Å². The van der Waals surface area contributed by atoms with Crippen molar-refractivity contribution < 1.29 is 0 Å². The van der Waals surface area contributed by atoms with Gasteiger partial charge in [-0.05, 0) is 13.3 Å². The SMILES string of the molecule is [CH2]CCCC(C)(Br)Br. The number of unbranched alkanes of at least 4 members (excludes halogenated alkanes) is 1. The van der Waals surface area contributed by atoms with Gasteiger partial charge in [-0.15, -0.1) is 0 Å². The van der Waals surface area contributed by atoms with Gasteiger partial charge in [0.05, 0.1) is 3.23 Å². The normalized spacial score (nSPS) is 12.0. The van der Waals surface area contributed by atoms with E-state index in [-0.39, 0.29) is 3.23 Å². The van der Waals surface area contributed by atoms with Crippen LogP contribution in [0.2, 0.25) is 0 Å². The fourth-order valence-electron chi connectivity index (χ4n) is 0.435. The average molecular weight is 243 g/mol. The zero-order valence-corrected chi connectivity index (χ0v) is 8.26. The molecule has 1 radical (unpaired) electrons. The number of alkyl halides is 2. The van der Waals surface area contributed by atoms with E-state index in [0.29, 0.717) is 0 Å². The quantitative estimate of drug-likeness (QED) is 0.665.